The Morgan fingerprint density at radius 2 is 1.92 bits per heavy atom. The molecule has 3 N–H and O–H groups in total. The molecule has 0 bridgehead atoms. The number of fused-ring (bicyclic) bond motifs is 2. The first-order valence-corrected chi connectivity index (χ1v) is 12.5. The summed E-state index contributed by atoms with van der Waals surface area (Å²) in [6, 6.07) is 7.51. The lowest BCUT2D eigenvalue weighted by molar-refractivity contribution is -0.115. The Kier molecular flexibility index (Phi) is 7.07. The molecule has 5 rings (SSSR count). The summed E-state index contributed by atoms with van der Waals surface area (Å²) in [6.07, 6.45) is 3.67. The van der Waals surface area contributed by atoms with Gasteiger partial charge in [-0.15, -0.1) is 0 Å². The van der Waals surface area contributed by atoms with Crippen molar-refractivity contribution in [3.05, 3.63) is 42.5 Å². The van der Waals surface area contributed by atoms with E-state index in [0.717, 1.165) is 35.9 Å². The third kappa shape index (κ3) is 5.14. The normalized spacial score (nSPS) is 20.5. The number of halogens is 1. The predicted octanol–water partition coefficient (Wildman–Crippen LogP) is 3.79. The number of hydrogen-bond donors (Lipinski definition) is 2. The molecule has 1 amide bonds. The van der Waals surface area contributed by atoms with Gasteiger partial charge in [-0.3, -0.25) is 9.69 Å². The number of anilines is 1. The first-order chi connectivity index (χ1) is 17.8. The van der Waals surface area contributed by atoms with Gasteiger partial charge in [0.1, 0.15) is 6.33 Å². The van der Waals surface area contributed by atoms with Crippen LogP contribution < -0.4 is 30.2 Å². The maximum absolute atomic E-state index is 14.9. The van der Waals surface area contributed by atoms with Crippen LogP contribution in [0.25, 0.3) is 10.9 Å². The number of ether oxygens (including phenoxy) is 3. The van der Waals surface area contributed by atoms with Crippen molar-refractivity contribution in [1.29, 1.82) is 0 Å². The number of nitrogens with zero attached hydrogens (tertiary/aromatic N) is 3. The maximum Gasteiger partial charge on any atom is 0.230 e. The highest BCUT2D eigenvalue weighted by Crippen LogP contribution is 2.41. The van der Waals surface area contributed by atoms with Crippen molar-refractivity contribution in [3.63, 3.8) is 0 Å². The van der Waals surface area contributed by atoms with Crippen molar-refractivity contribution >= 4 is 39.8 Å². The second-order valence-electron chi connectivity index (χ2n) is 9.44. The van der Waals surface area contributed by atoms with Crippen LogP contribution in [-0.4, -0.2) is 47.8 Å². The van der Waals surface area contributed by atoms with Gasteiger partial charge in [0.25, 0.3) is 0 Å². The lowest BCUT2D eigenvalue weighted by atomic mass is 10.0. The van der Waals surface area contributed by atoms with Gasteiger partial charge in [-0.1, -0.05) is 0 Å². The number of rotatable bonds is 7. The molecular formula is C26H28FN5O4S. The van der Waals surface area contributed by atoms with Crippen LogP contribution in [0.15, 0.2) is 36.7 Å². The van der Waals surface area contributed by atoms with Crippen molar-refractivity contribution < 1.29 is 23.4 Å². The number of carbonyl (C=O) groups is 1. The summed E-state index contributed by atoms with van der Waals surface area (Å²) in [4.78, 5) is 21.4. The van der Waals surface area contributed by atoms with Crippen LogP contribution in [0, 0.1) is 23.6 Å². The topological polar surface area (TPSA) is 112 Å². The van der Waals surface area contributed by atoms with Crippen molar-refractivity contribution in [2.24, 2.45) is 23.5 Å². The monoisotopic (exact) mass is 525 g/mol. The highest BCUT2D eigenvalue weighted by molar-refractivity contribution is 7.80. The second kappa shape index (κ2) is 10.4. The summed E-state index contributed by atoms with van der Waals surface area (Å²) in [5.41, 5.74) is 6.37. The van der Waals surface area contributed by atoms with E-state index in [1.807, 2.05) is 0 Å². The molecule has 2 aromatic carbocycles. The number of carbonyl (C=O) groups excluding carboxylic acids is 1. The molecule has 3 aromatic rings. The Labute approximate surface area is 219 Å². The molecule has 2 unspecified atom stereocenters. The summed E-state index contributed by atoms with van der Waals surface area (Å²) >= 11 is 4.90. The van der Waals surface area contributed by atoms with E-state index in [4.69, 9.17) is 32.2 Å². The molecule has 2 fully saturated rings. The Morgan fingerprint density at radius 3 is 2.57 bits per heavy atom. The van der Waals surface area contributed by atoms with Gasteiger partial charge < -0.3 is 25.3 Å². The van der Waals surface area contributed by atoms with Crippen molar-refractivity contribution in [2.75, 3.05) is 31.7 Å². The fraction of sp³-hybridized carbons (Fsp3) is 0.385. The average Bonchev–Trinajstić information content (AvgIpc) is 3.45. The van der Waals surface area contributed by atoms with Gasteiger partial charge in [0.05, 0.1) is 30.3 Å². The highest BCUT2D eigenvalue weighted by Gasteiger charge is 2.37. The van der Waals surface area contributed by atoms with Gasteiger partial charge in [-0.2, -0.15) is 0 Å². The van der Waals surface area contributed by atoms with Gasteiger partial charge in [-0.25, -0.2) is 14.4 Å². The number of hydrogen-bond acceptors (Lipinski definition) is 8. The molecule has 37 heavy (non-hydrogen) atoms. The largest absolute Gasteiger partial charge is 0.493 e. The SMILES string of the molecule is COc1cc2c(Oc3ccc(N(C(C)=O)C(N)=S)cc3F)ncnc2cc1OCC1CC2CNCC2C1. The Bertz CT molecular complexity index is 1330. The van der Waals surface area contributed by atoms with Crippen LogP contribution in [0.2, 0.25) is 0 Å². The quantitative estimate of drug-likeness (QED) is 0.445. The molecule has 11 heteroatoms. The molecule has 0 radical (unpaired) electrons. The zero-order valence-electron chi connectivity index (χ0n) is 20.6. The number of benzene rings is 2. The minimum Gasteiger partial charge on any atom is -0.493 e. The third-order valence-electron chi connectivity index (χ3n) is 7.03. The van der Waals surface area contributed by atoms with E-state index in [2.05, 4.69) is 15.3 Å². The lowest BCUT2D eigenvalue weighted by Gasteiger charge is -2.19. The van der Waals surface area contributed by atoms with Crippen LogP contribution >= 0.6 is 12.2 Å². The van der Waals surface area contributed by atoms with Gasteiger partial charge >= 0.3 is 0 Å². The van der Waals surface area contributed by atoms with E-state index in [1.54, 1.807) is 19.2 Å². The van der Waals surface area contributed by atoms with Crippen LogP contribution in [0.1, 0.15) is 19.8 Å². The van der Waals surface area contributed by atoms with Gasteiger partial charge in [0, 0.05) is 19.1 Å². The van der Waals surface area contributed by atoms with Gasteiger partial charge in [-0.05, 0) is 74.1 Å². The molecule has 9 nitrogen and oxygen atoms in total. The number of nitrogens with one attached hydrogen (secondary N) is 1. The molecule has 194 valence electrons. The second-order valence-corrected chi connectivity index (χ2v) is 9.85. The van der Waals surface area contributed by atoms with Crippen molar-refractivity contribution in [2.45, 2.75) is 19.8 Å². The Balaban J connectivity index is 1.37. The molecule has 1 saturated heterocycles. The molecule has 1 saturated carbocycles. The molecule has 2 atom stereocenters. The van der Waals surface area contributed by atoms with Crippen LogP contribution in [-0.2, 0) is 4.79 Å². The van der Waals surface area contributed by atoms with Crippen LogP contribution in [0.5, 0.6) is 23.1 Å². The highest BCUT2D eigenvalue weighted by atomic mass is 32.1. The number of nitrogens with two attached hydrogens (primary N) is 1. The average molecular weight is 526 g/mol. The zero-order chi connectivity index (χ0) is 26.1. The standard InChI is InChI=1S/C26H28FN5O4S/c1-14(33)32(26(28)37)18-3-4-22(20(27)7-18)36-25-19-8-23(34-2)24(9-21(19)30-13-31-25)35-12-15-5-16-10-29-11-17(16)6-15/h3-4,7-9,13,15-17,29H,5-6,10-12H2,1-2H3,(H2,28,37). The fourth-order valence-corrected chi connectivity index (χ4v) is 5.54. The molecular weight excluding hydrogens is 497 g/mol. The zero-order valence-corrected chi connectivity index (χ0v) is 21.4. The molecule has 2 aliphatic rings. The summed E-state index contributed by atoms with van der Waals surface area (Å²) in [7, 11) is 1.56. The number of thiocarbonyl (C=S) groups is 1. The molecule has 1 aliphatic heterocycles. The van der Waals surface area contributed by atoms with E-state index >= 15 is 0 Å². The molecule has 1 aromatic heterocycles. The van der Waals surface area contributed by atoms with E-state index in [-0.39, 0.29) is 22.4 Å². The summed E-state index contributed by atoms with van der Waals surface area (Å²) in [5.74, 6) is 2.02. The molecule has 2 heterocycles. The van der Waals surface area contributed by atoms with Gasteiger partial charge in [0.15, 0.2) is 28.2 Å². The van der Waals surface area contributed by atoms with Crippen LogP contribution in [0.4, 0.5) is 10.1 Å². The first-order valence-electron chi connectivity index (χ1n) is 12.1. The summed E-state index contributed by atoms with van der Waals surface area (Å²) < 4.78 is 32.5. The van der Waals surface area contributed by atoms with E-state index in [1.165, 1.54) is 38.2 Å². The number of methoxy groups -OCH3 is 1. The Morgan fingerprint density at radius 1 is 1.16 bits per heavy atom. The predicted molar refractivity (Wildman–Crippen MR) is 141 cm³/mol. The first kappa shape index (κ1) is 25.1. The summed E-state index contributed by atoms with van der Waals surface area (Å²) in [5, 5.41) is 3.82. The number of amides is 1. The lowest BCUT2D eigenvalue weighted by Crippen LogP contribution is -2.39. The van der Waals surface area contributed by atoms with Crippen molar-refractivity contribution in [3.8, 4) is 23.1 Å². The third-order valence-corrected chi connectivity index (χ3v) is 7.21. The van der Waals surface area contributed by atoms with Crippen molar-refractivity contribution in [1.82, 2.24) is 15.3 Å². The summed E-state index contributed by atoms with van der Waals surface area (Å²) in [6.45, 7) is 4.10. The van der Waals surface area contributed by atoms with Gasteiger partial charge in [0.2, 0.25) is 11.8 Å². The van der Waals surface area contributed by atoms with E-state index < -0.39 is 11.7 Å². The minimum absolute atomic E-state index is 0.0873. The van der Waals surface area contributed by atoms with E-state index in [0.29, 0.717) is 34.9 Å². The fourth-order valence-electron chi connectivity index (χ4n) is 5.31. The molecule has 0 spiro atoms. The van der Waals surface area contributed by atoms with Crippen LogP contribution in [0.3, 0.4) is 0 Å². The Hall–Kier alpha value is -3.57. The molecule has 1 aliphatic carbocycles. The smallest absolute Gasteiger partial charge is 0.230 e. The maximum atomic E-state index is 14.9. The minimum atomic E-state index is -0.713. The number of aromatic nitrogens is 2. The van der Waals surface area contributed by atoms with E-state index in [9.17, 15) is 9.18 Å².